The van der Waals surface area contributed by atoms with Crippen molar-refractivity contribution >= 4 is 44.9 Å². The number of nitrogens with one attached hydrogen (secondary N) is 2. The van der Waals surface area contributed by atoms with Crippen molar-refractivity contribution in [3.05, 3.63) is 94.5 Å². The largest absolute Gasteiger partial charge is 0.452 e. The van der Waals surface area contributed by atoms with E-state index < -0.39 is 87.5 Å². The number of rotatable bonds is 13. The molecule has 1 aromatic heterocycles. The normalized spacial score (nSPS) is 17.6. The highest BCUT2D eigenvalue weighted by atomic mass is 35.5. The third-order valence-electron chi connectivity index (χ3n) is 8.41. The number of benzene rings is 2. The van der Waals surface area contributed by atoms with Crippen molar-refractivity contribution in [1.29, 1.82) is 0 Å². The summed E-state index contributed by atoms with van der Waals surface area (Å²) >= 11 is 6.16. The number of aromatic nitrogens is 2. The maximum absolute atomic E-state index is 14.4. The fraction of sp³-hybridized carbons (Fsp3) is 0.412. The van der Waals surface area contributed by atoms with Crippen LogP contribution in [0.1, 0.15) is 54.4 Å². The van der Waals surface area contributed by atoms with Crippen molar-refractivity contribution < 1.29 is 40.8 Å². The molecule has 268 valence electrons. The second-order valence-electron chi connectivity index (χ2n) is 12.4. The van der Waals surface area contributed by atoms with E-state index in [0.717, 1.165) is 16.9 Å². The van der Waals surface area contributed by atoms with Crippen LogP contribution >= 0.6 is 11.6 Å². The van der Waals surface area contributed by atoms with Crippen LogP contribution in [0.25, 0.3) is 0 Å². The van der Waals surface area contributed by atoms with Gasteiger partial charge in [-0.15, -0.1) is 0 Å². The van der Waals surface area contributed by atoms with Gasteiger partial charge in [0.1, 0.15) is 17.8 Å². The Morgan fingerprint density at radius 2 is 1.68 bits per heavy atom. The van der Waals surface area contributed by atoms with Gasteiger partial charge in [0.25, 0.3) is 11.7 Å². The molecule has 50 heavy (non-hydrogen) atoms. The van der Waals surface area contributed by atoms with Gasteiger partial charge in [0, 0.05) is 30.4 Å². The molecule has 0 spiro atoms. The maximum Gasteiger partial charge on any atom is 0.452 e. The lowest BCUT2D eigenvalue weighted by atomic mass is 9.98. The Bertz CT molecular complexity index is 1810. The Morgan fingerprint density at radius 3 is 2.26 bits per heavy atom. The van der Waals surface area contributed by atoms with Crippen molar-refractivity contribution in [2.75, 3.05) is 6.54 Å². The highest BCUT2D eigenvalue weighted by Crippen LogP contribution is 2.29. The molecule has 0 aliphatic carbocycles. The van der Waals surface area contributed by atoms with Gasteiger partial charge >= 0.3 is 6.18 Å². The standard InChI is InChI=1S/C34H37ClF3N5O6S/c1-4-21-8-10-22(11-9-21)19-50(48,49)25-16-28(32(46)42-29(20(2)3)30(44)34(36,37)38)43(18-25)33(47)26(15-23-6-5-7-24(35)14-23)41-31(45)27-17-39-12-13-40-27/h5-14,17,20,25-26,28-29H,4,15-16,18-19H2,1-3H3,(H,41,45)(H,42,46)/t25-,26?,28?,29+/m1/s1. The summed E-state index contributed by atoms with van der Waals surface area (Å²) in [6, 6.07) is 8.32. The molecule has 3 aromatic rings. The predicted octanol–water partition coefficient (Wildman–Crippen LogP) is 3.89. The summed E-state index contributed by atoms with van der Waals surface area (Å²) in [4.78, 5) is 62.3. The quantitative estimate of drug-likeness (QED) is 0.268. The lowest BCUT2D eigenvalue weighted by Gasteiger charge is -2.30. The first kappa shape index (κ1) is 38.4. The zero-order valence-corrected chi connectivity index (χ0v) is 29.1. The molecule has 1 fully saturated rings. The van der Waals surface area contributed by atoms with E-state index in [0.29, 0.717) is 16.1 Å². The third-order valence-corrected chi connectivity index (χ3v) is 10.7. The minimum atomic E-state index is -5.26. The molecule has 4 atom stereocenters. The Kier molecular flexibility index (Phi) is 12.4. The average Bonchev–Trinajstić information content (AvgIpc) is 3.53. The Balaban J connectivity index is 1.70. The first-order valence-corrected chi connectivity index (χ1v) is 17.9. The highest BCUT2D eigenvalue weighted by molar-refractivity contribution is 7.91. The fourth-order valence-electron chi connectivity index (χ4n) is 5.68. The summed E-state index contributed by atoms with van der Waals surface area (Å²) in [5.74, 6) is -6.42. The van der Waals surface area contributed by atoms with Crippen molar-refractivity contribution in [3.8, 4) is 0 Å². The molecule has 1 aliphatic heterocycles. The number of hydrogen-bond donors (Lipinski definition) is 2. The third kappa shape index (κ3) is 9.65. The molecule has 2 unspecified atom stereocenters. The molecule has 2 heterocycles. The predicted molar refractivity (Wildman–Crippen MR) is 179 cm³/mol. The van der Waals surface area contributed by atoms with E-state index in [-0.39, 0.29) is 12.1 Å². The van der Waals surface area contributed by atoms with Crippen LogP contribution in [-0.2, 0) is 42.8 Å². The Morgan fingerprint density at radius 1 is 1.00 bits per heavy atom. The van der Waals surface area contributed by atoms with Crippen LogP contribution in [0.3, 0.4) is 0 Å². The van der Waals surface area contributed by atoms with Crippen molar-refractivity contribution in [1.82, 2.24) is 25.5 Å². The minimum Gasteiger partial charge on any atom is -0.344 e. The monoisotopic (exact) mass is 735 g/mol. The molecular weight excluding hydrogens is 699 g/mol. The summed E-state index contributed by atoms with van der Waals surface area (Å²) in [5.41, 5.74) is 1.83. The average molecular weight is 736 g/mol. The molecule has 11 nitrogen and oxygen atoms in total. The van der Waals surface area contributed by atoms with Crippen LogP contribution < -0.4 is 10.6 Å². The van der Waals surface area contributed by atoms with Gasteiger partial charge in [0.2, 0.25) is 11.8 Å². The number of Topliss-reactive ketones (excluding diaryl/α,β-unsaturated/α-hetero) is 1. The van der Waals surface area contributed by atoms with E-state index in [1.807, 2.05) is 6.92 Å². The van der Waals surface area contributed by atoms with Crippen LogP contribution in [0.2, 0.25) is 5.02 Å². The first-order valence-electron chi connectivity index (χ1n) is 15.8. The van der Waals surface area contributed by atoms with Crippen LogP contribution in [0, 0.1) is 5.92 Å². The van der Waals surface area contributed by atoms with Gasteiger partial charge < -0.3 is 15.5 Å². The zero-order chi connectivity index (χ0) is 36.8. The summed E-state index contributed by atoms with van der Waals surface area (Å²) in [6.07, 6.45) is -1.37. The van der Waals surface area contributed by atoms with Gasteiger partial charge in [-0.25, -0.2) is 13.4 Å². The molecular formula is C34H37ClF3N5O6S. The molecule has 0 radical (unpaired) electrons. The summed E-state index contributed by atoms with van der Waals surface area (Å²) in [6.45, 7) is 4.07. The molecule has 4 rings (SSSR count). The van der Waals surface area contributed by atoms with Crippen LogP contribution in [0.4, 0.5) is 13.2 Å². The zero-order valence-electron chi connectivity index (χ0n) is 27.5. The van der Waals surface area contributed by atoms with E-state index in [1.165, 1.54) is 32.4 Å². The lowest BCUT2D eigenvalue weighted by Crippen LogP contribution is -2.57. The van der Waals surface area contributed by atoms with E-state index >= 15 is 0 Å². The van der Waals surface area contributed by atoms with Gasteiger partial charge in [-0.3, -0.25) is 24.2 Å². The van der Waals surface area contributed by atoms with E-state index in [4.69, 9.17) is 11.6 Å². The second-order valence-corrected chi connectivity index (χ2v) is 15.1. The fourth-order valence-corrected chi connectivity index (χ4v) is 7.65. The number of nitrogens with zero attached hydrogens (tertiary/aromatic N) is 3. The van der Waals surface area contributed by atoms with Crippen LogP contribution in [-0.4, -0.2) is 82.9 Å². The van der Waals surface area contributed by atoms with E-state index in [1.54, 1.807) is 48.5 Å². The molecule has 2 aromatic carbocycles. The number of alkyl halides is 3. The maximum atomic E-state index is 14.4. The number of halogens is 4. The molecule has 0 saturated carbocycles. The summed E-state index contributed by atoms with van der Waals surface area (Å²) in [5, 5.41) is 3.74. The number of carbonyl (C=O) groups is 4. The van der Waals surface area contributed by atoms with E-state index in [9.17, 15) is 40.8 Å². The number of aryl methyl sites for hydroxylation is 1. The molecule has 2 N–H and O–H groups in total. The SMILES string of the molecule is CCc1ccc(CS(=O)(=O)[C@@H]2CC(C(=O)N[C@H](C(=O)C(F)(F)F)C(C)C)N(C(=O)C(Cc3cccc(Cl)c3)NC(=O)c3cnccn3)C2)cc1. The van der Waals surface area contributed by atoms with Crippen molar-refractivity contribution in [2.45, 2.75) is 75.3 Å². The molecule has 3 amide bonds. The lowest BCUT2D eigenvalue weighted by molar-refractivity contribution is -0.175. The number of hydrogen-bond acceptors (Lipinski definition) is 8. The Labute approximate surface area is 292 Å². The molecule has 1 aliphatic rings. The second kappa shape index (κ2) is 16.1. The first-order chi connectivity index (χ1) is 23.5. The van der Waals surface area contributed by atoms with Gasteiger partial charge in [0.15, 0.2) is 9.84 Å². The Hall–Kier alpha value is -4.37. The number of ketones is 1. The van der Waals surface area contributed by atoms with E-state index in [2.05, 4.69) is 20.6 Å². The number of amides is 3. The molecule has 16 heteroatoms. The van der Waals surface area contributed by atoms with Crippen LogP contribution in [0.15, 0.2) is 67.1 Å². The minimum absolute atomic E-state index is 0.132. The highest BCUT2D eigenvalue weighted by Gasteiger charge is 2.49. The van der Waals surface area contributed by atoms with Gasteiger partial charge in [-0.05, 0) is 47.6 Å². The summed E-state index contributed by atoms with van der Waals surface area (Å²) < 4.78 is 67.9. The smallest absolute Gasteiger partial charge is 0.344 e. The molecule has 1 saturated heterocycles. The van der Waals surface area contributed by atoms with Crippen molar-refractivity contribution in [3.63, 3.8) is 0 Å². The topological polar surface area (TPSA) is 156 Å². The van der Waals surface area contributed by atoms with Crippen LogP contribution in [0.5, 0.6) is 0 Å². The molecule has 0 bridgehead atoms. The van der Waals surface area contributed by atoms with Gasteiger partial charge in [-0.1, -0.05) is 68.8 Å². The van der Waals surface area contributed by atoms with Crippen molar-refractivity contribution in [2.24, 2.45) is 5.92 Å². The number of sulfone groups is 1. The van der Waals surface area contributed by atoms with Gasteiger partial charge in [0.05, 0.1) is 23.2 Å². The number of carbonyl (C=O) groups excluding carboxylic acids is 4. The summed E-state index contributed by atoms with van der Waals surface area (Å²) in [7, 11) is -4.05. The number of likely N-dealkylation sites (tertiary alicyclic amines) is 1. The van der Waals surface area contributed by atoms with Gasteiger partial charge in [-0.2, -0.15) is 13.2 Å².